The maximum atomic E-state index is 11.8. The van der Waals surface area contributed by atoms with E-state index in [1.807, 2.05) is 0 Å². The van der Waals surface area contributed by atoms with Crippen molar-refractivity contribution in [3.63, 3.8) is 0 Å². The number of carboxylic acids is 1. The molecule has 0 saturated heterocycles. The van der Waals surface area contributed by atoms with Crippen LogP contribution in [0.1, 0.15) is 16.9 Å². The summed E-state index contributed by atoms with van der Waals surface area (Å²) in [7, 11) is 0. The molecule has 0 radical (unpaired) electrons. The van der Waals surface area contributed by atoms with Gasteiger partial charge in [0.2, 0.25) is 0 Å². The summed E-state index contributed by atoms with van der Waals surface area (Å²) in [5.74, 6) is -1.37. The summed E-state index contributed by atoms with van der Waals surface area (Å²) in [5.41, 5.74) is -0.446. The lowest BCUT2D eigenvalue weighted by Crippen LogP contribution is -2.13. The molecule has 1 aromatic rings. The number of carbonyl (C=O) groups is 1. The minimum Gasteiger partial charge on any atom is -0.476 e. The summed E-state index contributed by atoms with van der Waals surface area (Å²) in [5, 5.41) is 11.7. The van der Waals surface area contributed by atoms with Gasteiger partial charge in [0.25, 0.3) is 0 Å². The number of hydrogen-bond acceptors (Lipinski definition) is 2. The van der Waals surface area contributed by atoms with E-state index in [4.69, 9.17) is 16.7 Å². The predicted molar refractivity (Wildman–Crippen MR) is 44.9 cm³/mol. The first kappa shape index (κ1) is 11.8. The Morgan fingerprint density at radius 1 is 1.60 bits per heavy atom. The Bertz CT molecular complexity index is 375. The van der Waals surface area contributed by atoms with Crippen LogP contribution in [0.2, 0.25) is 5.02 Å². The van der Waals surface area contributed by atoms with Gasteiger partial charge < -0.3 is 5.11 Å². The highest BCUT2D eigenvalue weighted by Crippen LogP contribution is 2.21. The number of rotatable bonds is 3. The zero-order chi connectivity index (χ0) is 11.6. The summed E-state index contributed by atoms with van der Waals surface area (Å²) in [6.45, 7) is -0.448. The fourth-order valence-corrected chi connectivity index (χ4v) is 1.13. The van der Waals surface area contributed by atoms with Crippen molar-refractivity contribution in [2.45, 2.75) is 19.1 Å². The third kappa shape index (κ3) is 3.43. The molecule has 1 heterocycles. The van der Waals surface area contributed by atoms with Crippen LogP contribution < -0.4 is 0 Å². The first-order chi connectivity index (χ1) is 6.79. The second kappa shape index (κ2) is 4.09. The molecule has 8 heteroatoms. The molecule has 0 saturated carbocycles. The molecule has 0 amide bonds. The van der Waals surface area contributed by atoms with Gasteiger partial charge in [-0.25, -0.2) is 4.79 Å². The smallest absolute Gasteiger partial charge is 0.390 e. The molecule has 1 aromatic heterocycles. The van der Waals surface area contributed by atoms with E-state index in [9.17, 15) is 18.0 Å². The lowest BCUT2D eigenvalue weighted by molar-refractivity contribution is -0.137. The van der Waals surface area contributed by atoms with Crippen molar-refractivity contribution in [2.75, 3.05) is 0 Å². The highest BCUT2D eigenvalue weighted by molar-refractivity contribution is 6.33. The molecule has 84 valence electrons. The van der Waals surface area contributed by atoms with Crippen LogP contribution in [0.3, 0.4) is 0 Å². The van der Waals surface area contributed by atoms with E-state index in [1.54, 1.807) is 0 Å². The molecule has 0 fully saturated rings. The molecule has 0 atom stereocenters. The van der Waals surface area contributed by atoms with E-state index in [1.165, 1.54) is 0 Å². The van der Waals surface area contributed by atoms with Gasteiger partial charge in [-0.2, -0.15) is 18.3 Å². The number of carboxylic acid groups (broad SMARTS) is 1. The van der Waals surface area contributed by atoms with Crippen LogP contribution in [0.25, 0.3) is 0 Å². The number of halogens is 4. The van der Waals surface area contributed by atoms with Crippen LogP contribution in [0.4, 0.5) is 13.2 Å². The third-order valence-electron chi connectivity index (χ3n) is 1.54. The van der Waals surface area contributed by atoms with Gasteiger partial charge in [-0.15, -0.1) is 0 Å². The van der Waals surface area contributed by atoms with Gasteiger partial charge in [-0.1, -0.05) is 11.6 Å². The largest absolute Gasteiger partial charge is 0.476 e. The molecule has 1 N–H and O–H groups in total. The Balaban J connectivity index is 2.72. The molecular weight excluding hydrogens is 237 g/mol. The maximum absolute atomic E-state index is 11.8. The van der Waals surface area contributed by atoms with E-state index in [0.717, 1.165) is 10.9 Å². The fraction of sp³-hybridized carbons (Fsp3) is 0.429. The first-order valence-electron chi connectivity index (χ1n) is 3.82. The zero-order valence-corrected chi connectivity index (χ0v) is 8.01. The standard InChI is InChI=1S/C7H6ClF3N2O2/c8-4-3-13(2-1-7(9,10)11)12-5(4)6(14)15/h3H,1-2H2,(H,14,15). The number of hydrogen-bond donors (Lipinski definition) is 1. The van der Waals surface area contributed by atoms with Crippen molar-refractivity contribution >= 4 is 17.6 Å². The van der Waals surface area contributed by atoms with E-state index in [-0.39, 0.29) is 5.02 Å². The third-order valence-corrected chi connectivity index (χ3v) is 1.82. The minimum absolute atomic E-state index is 0.176. The van der Waals surface area contributed by atoms with E-state index in [0.29, 0.717) is 0 Å². The molecule has 0 aliphatic heterocycles. The molecule has 15 heavy (non-hydrogen) atoms. The summed E-state index contributed by atoms with van der Waals surface area (Å²) in [6, 6.07) is 0. The number of aryl methyl sites for hydroxylation is 1. The van der Waals surface area contributed by atoms with Crippen molar-refractivity contribution in [3.8, 4) is 0 Å². The Labute approximate surface area is 87.3 Å². The van der Waals surface area contributed by atoms with E-state index < -0.39 is 30.8 Å². The molecule has 4 nitrogen and oxygen atoms in total. The molecule has 0 aliphatic carbocycles. The molecule has 0 aliphatic rings. The van der Waals surface area contributed by atoms with Gasteiger partial charge in [0.05, 0.1) is 11.4 Å². The van der Waals surface area contributed by atoms with Crippen molar-refractivity contribution in [2.24, 2.45) is 0 Å². The van der Waals surface area contributed by atoms with Crippen LogP contribution >= 0.6 is 11.6 Å². The second-order valence-electron chi connectivity index (χ2n) is 2.76. The van der Waals surface area contributed by atoms with Gasteiger partial charge in [-0.05, 0) is 0 Å². The van der Waals surface area contributed by atoms with Crippen molar-refractivity contribution < 1.29 is 23.1 Å². The Morgan fingerprint density at radius 2 is 2.20 bits per heavy atom. The van der Waals surface area contributed by atoms with Gasteiger partial charge in [-0.3, -0.25) is 4.68 Å². The SMILES string of the molecule is O=C(O)c1nn(CCC(F)(F)F)cc1Cl. The number of aromatic carboxylic acids is 1. The van der Waals surface area contributed by atoms with Crippen LogP contribution in [0.5, 0.6) is 0 Å². The van der Waals surface area contributed by atoms with Crippen LogP contribution in [0.15, 0.2) is 6.20 Å². The van der Waals surface area contributed by atoms with Crippen LogP contribution in [0, 0.1) is 0 Å². The Kier molecular flexibility index (Phi) is 3.23. The predicted octanol–water partition coefficient (Wildman–Crippen LogP) is 2.19. The molecular formula is C7H6ClF3N2O2. The summed E-state index contributed by atoms with van der Waals surface area (Å²) < 4.78 is 36.3. The van der Waals surface area contributed by atoms with E-state index in [2.05, 4.69) is 5.10 Å². The number of aromatic nitrogens is 2. The zero-order valence-electron chi connectivity index (χ0n) is 7.25. The normalized spacial score (nSPS) is 11.7. The van der Waals surface area contributed by atoms with Crippen molar-refractivity contribution in [1.82, 2.24) is 9.78 Å². The highest BCUT2D eigenvalue weighted by Gasteiger charge is 2.27. The average molecular weight is 243 g/mol. The quantitative estimate of drug-likeness (QED) is 0.884. The molecule has 0 spiro atoms. The van der Waals surface area contributed by atoms with Gasteiger partial charge in [0.15, 0.2) is 5.69 Å². The maximum Gasteiger partial charge on any atom is 0.390 e. The summed E-state index contributed by atoms with van der Waals surface area (Å²) >= 11 is 5.44. The van der Waals surface area contributed by atoms with Crippen LogP contribution in [-0.2, 0) is 6.54 Å². The number of alkyl halides is 3. The Hall–Kier alpha value is -1.24. The minimum atomic E-state index is -4.30. The van der Waals surface area contributed by atoms with Crippen molar-refractivity contribution in [3.05, 3.63) is 16.9 Å². The van der Waals surface area contributed by atoms with Gasteiger partial charge in [0, 0.05) is 12.7 Å². The first-order valence-corrected chi connectivity index (χ1v) is 4.20. The molecule has 0 unspecified atom stereocenters. The summed E-state index contributed by atoms with van der Waals surface area (Å²) in [6.07, 6.45) is -4.33. The summed E-state index contributed by atoms with van der Waals surface area (Å²) in [4.78, 5) is 10.5. The Morgan fingerprint density at radius 3 is 2.60 bits per heavy atom. The molecule has 0 bridgehead atoms. The lowest BCUT2D eigenvalue weighted by atomic mass is 10.4. The average Bonchev–Trinajstić information content (AvgIpc) is 2.42. The molecule has 0 aromatic carbocycles. The molecule has 1 rings (SSSR count). The number of nitrogens with zero attached hydrogens (tertiary/aromatic N) is 2. The highest BCUT2D eigenvalue weighted by atomic mass is 35.5. The lowest BCUT2D eigenvalue weighted by Gasteiger charge is -2.05. The van der Waals surface area contributed by atoms with Gasteiger partial charge in [0.1, 0.15) is 0 Å². The van der Waals surface area contributed by atoms with Crippen LogP contribution in [-0.4, -0.2) is 27.0 Å². The fourth-order valence-electron chi connectivity index (χ4n) is 0.898. The van der Waals surface area contributed by atoms with E-state index >= 15 is 0 Å². The monoisotopic (exact) mass is 242 g/mol. The van der Waals surface area contributed by atoms with Gasteiger partial charge >= 0.3 is 12.1 Å². The second-order valence-corrected chi connectivity index (χ2v) is 3.17. The topological polar surface area (TPSA) is 55.1 Å². The van der Waals surface area contributed by atoms with Crippen molar-refractivity contribution in [1.29, 1.82) is 0 Å².